The minimum Gasteiger partial charge on any atom is -0.326 e. The number of nitrogens with two attached hydrogens (primary N) is 1. The molecule has 19 heavy (non-hydrogen) atoms. The highest BCUT2D eigenvalue weighted by Gasteiger charge is 2.32. The summed E-state index contributed by atoms with van der Waals surface area (Å²) >= 11 is 0. The van der Waals surface area contributed by atoms with Crippen molar-refractivity contribution in [3.63, 3.8) is 0 Å². The fourth-order valence-corrected chi connectivity index (χ4v) is 1.87. The summed E-state index contributed by atoms with van der Waals surface area (Å²) in [5, 5.41) is 3.72. The van der Waals surface area contributed by atoms with Crippen molar-refractivity contribution in [1.82, 2.24) is 14.8 Å². The van der Waals surface area contributed by atoms with E-state index in [1.807, 2.05) is 13.0 Å². The van der Waals surface area contributed by atoms with E-state index in [9.17, 15) is 13.2 Å². The summed E-state index contributed by atoms with van der Waals surface area (Å²) in [6.45, 7) is 3.80. The van der Waals surface area contributed by atoms with Crippen molar-refractivity contribution in [1.29, 1.82) is 0 Å². The van der Waals surface area contributed by atoms with Crippen LogP contribution in [0.15, 0.2) is 18.5 Å². The maximum absolute atomic E-state index is 12.6. The molecule has 0 aromatic carbocycles. The number of alkyl halides is 3. The highest BCUT2D eigenvalue weighted by atomic mass is 19.4. The molecule has 4 nitrogen and oxygen atoms in total. The molecule has 0 aliphatic heterocycles. The number of nitrogens with zero attached hydrogens (tertiary/aromatic N) is 3. The Morgan fingerprint density at radius 2 is 2.00 bits per heavy atom. The van der Waals surface area contributed by atoms with Crippen LogP contribution in [0.4, 0.5) is 13.2 Å². The van der Waals surface area contributed by atoms with Crippen molar-refractivity contribution < 1.29 is 13.2 Å². The summed E-state index contributed by atoms with van der Waals surface area (Å²) in [6, 6.07) is 1.83. The molecule has 0 atom stereocenters. The molecule has 0 aliphatic rings. The number of halogens is 3. The zero-order valence-electron chi connectivity index (χ0n) is 10.5. The standard InChI is InChI=1S/C12H13F3N4/c1-7-3-8(2)18-11(10(7)4-16)19-6-9(5-17-19)12(13,14)15/h3,5-6H,4,16H2,1-2H3. The zero-order valence-corrected chi connectivity index (χ0v) is 10.5. The molecule has 0 amide bonds. The average molecular weight is 270 g/mol. The van der Waals surface area contributed by atoms with Crippen LogP contribution in [-0.4, -0.2) is 14.8 Å². The van der Waals surface area contributed by atoms with Gasteiger partial charge in [-0.1, -0.05) is 0 Å². The van der Waals surface area contributed by atoms with Crippen LogP contribution < -0.4 is 5.73 Å². The van der Waals surface area contributed by atoms with E-state index in [0.29, 0.717) is 17.1 Å². The molecule has 0 saturated carbocycles. The van der Waals surface area contributed by atoms with Crippen molar-refractivity contribution in [2.75, 3.05) is 0 Å². The van der Waals surface area contributed by atoms with E-state index >= 15 is 0 Å². The summed E-state index contributed by atoms with van der Waals surface area (Å²) in [4.78, 5) is 4.22. The largest absolute Gasteiger partial charge is 0.419 e. The van der Waals surface area contributed by atoms with Gasteiger partial charge in [-0.3, -0.25) is 0 Å². The molecule has 2 N–H and O–H groups in total. The van der Waals surface area contributed by atoms with E-state index in [0.717, 1.165) is 22.6 Å². The smallest absolute Gasteiger partial charge is 0.326 e. The molecule has 2 aromatic heterocycles. The Morgan fingerprint density at radius 3 is 2.53 bits per heavy atom. The van der Waals surface area contributed by atoms with Gasteiger partial charge >= 0.3 is 6.18 Å². The molecular formula is C12H13F3N4. The van der Waals surface area contributed by atoms with Crippen molar-refractivity contribution >= 4 is 0 Å². The van der Waals surface area contributed by atoms with Gasteiger partial charge in [0.15, 0.2) is 5.82 Å². The van der Waals surface area contributed by atoms with E-state index in [4.69, 9.17) is 5.73 Å². The quantitative estimate of drug-likeness (QED) is 0.911. The van der Waals surface area contributed by atoms with Crippen LogP contribution in [0.2, 0.25) is 0 Å². The van der Waals surface area contributed by atoms with Gasteiger partial charge in [0.1, 0.15) is 0 Å². The first-order valence-electron chi connectivity index (χ1n) is 5.62. The lowest BCUT2D eigenvalue weighted by molar-refractivity contribution is -0.137. The number of aromatic nitrogens is 3. The van der Waals surface area contributed by atoms with Gasteiger partial charge in [0.05, 0.1) is 11.8 Å². The number of hydrogen-bond donors (Lipinski definition) is 1. The van der Waals surface area contributed by atoms with Crippen molar-refractivity contribution in [3.8, 4) is 5.82 Å². The number of rotatable bonds is 2. The summed E-state index contributed by atoms with van der Waals surface area (Å²) in [5.41, 5.74) is 7.09. The summed E-state index contributed by atoms with van der Waals surface area (Å²) in [5.74, 6) is 0.343. The van der Waals surface area contributed by atoms with Crippen molar-refractivity contribution in [2.24, 2.45) is 5.73 Å². The molecule has 0 aliphatic carbocycles. The van der Waals surface area contributed by atoms with Crippen molar-refractivity contribution in [3.05, 3.63) is 40.8 Å². The first kappa shape index (κ1) is 13.5. The molecule has 7 heteroatoms. The Hall–Kier alpha value is -1.89. The molecular weight excluding hydrogens is 257 g/mol. The van der Waals surface area contributed by atoms with Crippen LogP contribution in [0, 0.1) is 13.8 Å². The Bertz CT molecular complexity index is 602. The molecule has 0 bridgehead atoms. The van der Waals surface area contributed by atoms with E-state index < -0.39 is 11.7 Å². The third-order valence-electron chi connectivity index (χ3n) is 2.78. The molecule has 2 aromatic rings. The Morgan fingerprint density at radius 1 is 1.32 bits per heavy atom. The minimum absolute atomic E-state index is 0.190. The highest BCUT2D eigenvalue weighted by Crippen LogP contribution is 2.29. The van der Waals surface area contributed by atoms with Gasteiger partial charge < -0.3 is 5.73 Å². The lowest BCUT2D eigenvalue weighted by Gasteiger charge is -2.11. The number of hydrogen-bond acceptors (Lipinski definition) is 3. The average Bonchev–Trinajstić information content (AvgIpc) is 2.76. The first-order chi connectivity index (χ1) is 8.82. The first-order valence-corrected chi connectivity index (χ1v) is 5.62. The minimum atomic E-state index is -4.42. The van der Waals surface area contributed by atoms with Gasteiger partial charge in [-0.2, -0.15) is 18.3 Å². The summed E-state index contributed by atoms with van der Waals surface area (Å²) in [7, 11) is 0. The van der Waals surface area contributed by atoms with Gasteiger partial charge in [0.25, 0.3) is 0 Å². The van der Waals surface area contributed by atoms with Crippen LogP contribution >= 0.6 is 0 Å². The maximum Gasteiger partial charge on any atom is 0.419 e. The maximum atomic E-state index is 12.6. The second-order valence-electron chi connectivity index (χ2n) is 4.26. The van der Waals surface area contributed by atoms with Gasteiger partial charge in [-0.05, 0) is 25.5 Å². The van der Waals surface area contributed by atoms with Gasteiger partial charge in [0, 0.05) is 24.0 Å². The van der Waals surface area contributed by atoms with Crippen LogP contribution in [0.3, 0.4) is 0 Å². The fraction of sp³-hybridized carbons (Fsp3) is 0.333. The van der Waals surface area contributed by atoms with Crippen LogP contribution in [0.25, 0.3) is 5.82 Å². The second-order valence-corrected chi connectivity index (χ2v) is 4.26. The molecule has 0 saturated heterocycles. The summed E-state index contributed by atoms with van der Waals surface area (Å²) in [6.07, 6.45) is -2.72. The highest BCUT2D eigenvalue weighted by molar-refractivity contribution is 5.41. The number of aryl methyl sites for hydroxylation is 2. The van der Waals surface area contributed by atoms with Crippen molar-refractivity contribution in [2.45, 2.75) is 26.6 Å². The molecule has 2 heterocycles. The fourth-order valence-electron chi connectivity index (χ4n) is 1.87. The van der Waals surface area contributed by atoms with E-state index in [1.165, 1.54) is 0 Å². The van der Waals surface area contributed by atoms with Crippen LogP contribution in [0.1, 0.15) is 22.4 Å². The topological polar surface area (TPSA) is 56.7 Å². The van der Waals surface area contributed by atoms with Crippen LogP contribution in [0.5, 0.6) is 0 Å². The van der Waals surface area contributed by atoms with E-state index in [2.05, 4.69) is 10.1 Å². The Labute approximate surface area is 108 Å². The normalized spacial score (nSPS) is 11.9. The summed E-state index contributed by atoms with van der Waals surface area (Å²) < 4.78 is 38.8. The molecule has 2 rings (SSSR count). The SMILES string of the molecule is Cc1cc(C)c(CN)c(-n2cc(C(F)(F)F)cn2)n1. The third kappa shape index (κ3) is 2.60. The predicted molar refractivity (Wildman–Crippen MR) is 63.7 cm³/mol. The van der Waals surface area contributed by atoms with E-state index in [-0.39, 0.29) is 6.54 Å². The van der Waals surface area contributed by atoms with Crippen LogP contribution in [-0.2, 0) is 12.7 Å². The molecule has 0 radical (unpaired) electrons. The van der Waals surface area contributed by atoms with Gasteiger partial charge in [-0.25, -0.2) is 9.67 Å². The lowest BCUT2D eigenvalue weighted by Crippen LogP contribution is -2.10. The molecule has 0 spiro atoms. The lowest BCUT2D eigenvalue weighted by atomic mass is 10.1. The second kappa shape index (κ2) is 4.65. The Kier molecular flexibility index (Phi) is 3.32. The molecule has 0 fully saturated rings. The molecule has 102 valence electrons. The Balaban J connectivity index is 2.56. The third-order valence-corrected chi connectivity index (χ3v) is 2.78. The zero-order chi connectivity index (χ0) is 14.2. The van der Waals surface area contributed by atoms with Gasteiger partial charge in [-0.15, -0.1) is 0 Å². The monoisotopic (exact) mass is 270 g/mol. The van der Waals surface area contributed by atoms with Gasteiger partial charge in [0.2, 0.25) is 0 Å². The van der Waals surface area contributed by atoms with E-state index in [1.54, 1.807) is 6.92 Å². The number of pyridine rings is 1. The predicted octanol–water partition coefficient (Wildman–Crippen LogP) is 2.36. The molecule has 0 unspecified atom stereocenters.